The summed E-state index contributed by atoms with van der Waals surface area (Å²) < 4.78 is 11.1. The molecule has 0 spiro atoms. The zero-order chi connectivity index (χ0) is 21.8. The van der Waals surface area contributed by atoms with Gasteiger partial charge in [0.25, 0.3) is 5.91 Å². The summed E-state index contributed by atoms with van der Waals surface area (Å²) in [5.74, 6) is 0.332. The van der Waals surface area contributed by atoms with Crippen molar-refractivity contribution in [2.24, 2.45) is 0 Å². The van der Waals surface area contributed by atoms with E-state index >= 15 is 0 Å². The first-order valence-corrected chi connectivity index (χ1v) is 10.0. The lowest BCUT2D eigenvalue weighted by molar-refractivity contribution is -0.130. The minimum Gasteiger partial charge on any atom is -0.486 e. The Morgan fingerprint density at radius 1 is 1.10 bits per heavy atom. The lowest BCUT2D eigenvalue weighted by atomic mass is 9.91. The average Bonchev–Trinajstić information content (AvgIpc) is 3.22. The zero-order valence-corrected chi connectivity index (χ0v) is 17.2. The van der Waals surface area contributed by atoms with Crippen molar-refractivity contribution in [3.8, 4) is 11.5 Å². The molecular formula is C23H21N3O5. The number of fused-ring (bicyclic) bond motifs is 2. The number of hydrogen-bond donors (Lipinski definition) is 2. The third-order valence-electron chi connectivity index (χ3n) is 5.87. The number of ether oxygens (including phenoxy) is 2. The van der Waals surface area contributed by atoms with Crippen molar-refractivity contribution >= 4 is 28.6 Å². The van der Waals surface area contributed by atoms with Gasteiger partial charge in [-0.05, 0) is 37.6 Å². The van der Waals surface area contributed by atoms with Crippen LogP contribution in [0.2, 0.25) is 0 Å². The number of ketones is 1. The van der Waals surface area contributed by atoms with Gasteiger partial charge in [0.1, 0.15) is 18.8 Å². The van der Waals surface area contributed by atoms with Crippen molar-refractivity contribution in [3.05, 3.63) is 59.3 Å². The second-order valence-electron chi connectivity index (χ2n) is 7.90. The number of aromatic amines is 1. The van der Waals surface area contributed by atoms with Crippen LogP contribution in [-0.2, 0) is 10.3 Å². The summed E-state index contributed by atoms with van der Waals surface area (Å²) in [4.78, 5) is 43.2. The number of para-hydroxylation sites is 1. The van der Waals surface area contributed by atoms with Crippen LogP contribution in [0.1, 0.15) is 28.5 Å². The molecule has 1 unspecified atom stereocenters. The van der Waals surface area contributed by atoms with E-state index < -0.39 is 17.5 Å². The van der Waals surface area contributed by atoms with Crippen LogP contribution in [0.3, 0.4) is 0 Å². The molecule has 31 heavy (non-hydrogen) atoms. The first kappa shape index (κ1) is 19.2. The number of nitrogens with one attached hydrogen (secondary N) is 2. The van der Waals surface area contributed by atoms with Gasteiger partial charge < -0.3 is 19.8 Å². The van der Waals surface area contributed by atoms with Crippen molar-refractivity contribution in [2.45, 2.75) is 19.4 Å². The molecule has 0 aliphatic carbocycles. The third-order valence-corrected chi connectivity index (χ3v) is 5.87. The Kier molecular flexibility index (Phi) is 4.25. The van der Waals surface area contributed by atoms with E-state index in [0.717, 1.165) is 15.8 Å². The fourth-order valence-electron chi connectivity index (χ4n) is 4.25. The Labute approximate surface area is 178 Å². The number of Topliss-reactive ketones (excluding diaryl/α,β-unsaturated/α-hetero) is 1. The number of carbonyl (C=O) groups is 3. The van der Waals surface area contributed by atoms with E-state index in [0.29, 0.717) is 41.5 Å². The molecule has 3 amide bonds. The molecule has 158 valence electrons. The fourth-order valence-corrected chi connectivity index (χ4v) is 4.25. The van der Waals surface area contributed by atoms with E-state index in [1.54, 1.807) is 32.0 Å². The summed E-state index contributed by atoms with van der Waals surface area (Å²) in [6.07, 6.45) is 0. The number of H-pyrrole nitrogens is 1. The predicted molar refractivity (Wildman–Crippen MR) is 112 cm³/mol. The van der Waals surface area contributed by atoms with Gasteiger partial charge in [-0.15, -0.1) is 0 Å². The second kappa shape index (κ2) is 6.87. The van der Waals surface area contributed by atoms with Gasteiger partial charge in [-0.1, -0.05) is 24.3 Å². The van der Waals surface area contributed by atoms with Gasteiger partial charge in [-0.2, -0.15) is 0 Å². The lowest BCUT2D eigenvalue weighted by Gasteiger charge is -2.25. The quantitative estimate of drug-likeness (QED) is 0.500. The van der Waals surface area contributed by atoms with Crippen LogP contribution < -0.4 is 14.8 Å². The number of benzene rings is 2. The minimum atomic E-state index is -1.30. The Balaban J connectivity index is 1.44. The summed E-state index contributed by atoms with van der Waals surface area (Å²) in [5, 5.41) is 3.51. The SMILES string of the molecule is Cc1[nH]c2ccccc2c1C(=O)CN1C(=O)NC(C)(c2ccc3c(c2)OCCO3)C1=O. The molecule has 1 aromatic heterocycles. The van der Waals surface area contributed by atoms with E-state index in [-0.39, 0.29) is 12.3 Å². The molecule has 1 atom stereocenters. The Bertz CT molecular complexity index is 1250. The number of nitrogens with zero attached hydrogens (tertiary/aromatic N) is 1. The van der Waals surface area contributed by atoms with E-state index in [1.165, 1.54) is 0 Å². The van der Waals surface area contributed by atoms with Crippen molar-refractivity contribution in [3.63, 3.8) is 0 Å². The summed E-state index contributed by atoms with van der Waals surface area (Å²) in [7, 11) is 0. The van der Waals surface area contributed by atoms with Crippen molar-refractivity contribution in [2.75, 3.05) is 19.8 Å². The summed E-state index contributed by atoms with van der Waals surface area (Å²) in [6.45, 7) is 3.96. The fraction of sp³-hybridized carbons (Fsp3) is 0.261. The summed E-state index contributed by atoms with van der Waals surface area (Å²) >= 11 is 0. The Hall–Kier alpha value is -3.81. The molecule has 0 bridgehead atoms. The van der Waals surface area contributed by atoms with E-state index in [4.69, 9.17) is 9.47 Å². The van der Waals surface area contributed by atoms with Gasteiger partial charge in [-0.3, -0.25) is 14.5 Å². The molecule has 2 N–H and O–H groups in total. The normalized spacial score (nSPS) is 20.3. The number of urea groups is 1. The van der Waals surface area contributed by atoms with Crippen molar-refractivity contribution in [1.82, 2.24) is 15.2 Å². The molecule has 3 heterocycles. The predicted octanol–water partition coefficient (Wildman–Crippen LogP) is 2.90. The van der Waals surface area contributed by atoms with Gasteiger partial charge in [0.15, 0.2) is 17.3 Å². The van der Waals surface area contributed by atoms with E-state index in [2.05, 4.69) is 10.3 Å². The first-order chi connectivity index (χ1) is 14.9. The summed E-state index contributed by atoms with van der Waals surface area (Å²) in [5.41, 5.74) is 1.29. The Morgan fingerprint density at radius 2 is 1.84 bits per heavy atom. The molecule has 2 aliphatic heterocycles. The molecule has 3 aromatic rings. The van der Waals surface area contributed by atoms with Crippen LogP contribution in [0, 0.1) is 6.92 Å². The average molecular weight is 419 g/mol. The van der Waals surface area contributed by atoms with Crippen LogP contribution in [0.25, 0.3) is 10.9 Å². The number of carbonyl (C=O) groups excluding carboxylic acids is 3. The largest absolute Gasteiger partial charge is 0.486 e. The topological polar surface area (TPSA) is 101 Å². The molecule has 0 saturated carbocycles. The highest BCUT2D eigenvalue weighted by atomic mass is 16.6. The second-order valence-corrected chi connectivity index (χ2v) is 7.90. The maximum absolute atomic E-state index is 13.3. The van der Waals surface area contributed by atoms with Crippen molar-refractivity contribution in [1.29, 1.82) is 0 Å². The maximum atomic E-state index is 13.3. The molecule has 2 aliphatic rings. The highest BCUT2D eigenvalue weighted by molar-refractivity contribution is 6.15. The molecule has 2 aromatic carbocycles. The Morgan fingerprint density at radius 3 is 2.65 bits per heavy atom. The highest BCUT2D eigenvalue weighted by Crippen LogP contribution is 2.37. The molecule has 1 saturated heterocycles. The molecule has 8 nitrogen and oxygen atoms in total. The maximum Gasteiger partial charge on any atom is 0.325 e. The van der Waals surface area contributed by atoms with Gasteiger partial charge in [0.2, 0.25) is 0 Å². The minimum absolute atomic E-state index is 0.301. The number of imide groups is 1. The summed E-state index contributed by atoms with van der Waals surface area (Å²) in [6, 6.07) is 12.0. The number of aryl methyl sites for hydroxylation is 1. The van der Waals surface area contributed by atoms with Gasteiger partial charge in [0.05, 0.1) is 6.54 Å². The zero-order valence-electron chi connectivity index (χ0n) is 17.2. The monoisotopic (exact) mass is 419 g/mol. The van der Waals surface area contributed by atoms with Gasteiger partial charge >= 0.3 is 6.03 Å². The van der Waals surface area contributed by atoms with Crippen LogP contribution in [0.4, 0.5) is 4.79 Å². The number of amides is 3. The van der Waals surface area contributed by atoms with Crippen LogP contribution >= 0.6 is 0 Å². The van der Waals surface area contributed by atoms with Gasteiger partial charge in [-0.25, -0.2) is 4.79 Å². The smallest absolute Gasteiger partial charge is 0.325 e. The molecule has 8 heteroatoms. The molecule has 5 rings (SSSR count). The van der Waals surface area contributed by atoms with Gasteiger partial charge in [0, 0.05) is 22.2 Å². The van der Waals surface area contributed by atoms with Crippen LogP contribution in [0.5, 0.6) is 11.5 Å². The lowest BCUT2D eigenvalue weighted by Crippen LogP contribution is -2.41. The highest BCUT2D eigenvalue weighted by Gasteiger charge is 2.50. The van der Waals surface area contributed by atoms with E-state index in [9.17, 15) is 14.4 Å². The van der Waals surface area contributed by atoms with Crippen molar-refractivity contribution < 1.29 is 23.9 Å². The number of hydrogen-bond acceptors (Lipinski definition) is 5. The molecule has 0 radical (unpaired) electrons. The number of aromatic nitrogens is 1. The third kappa shape index (κ3) is 2.94. The van der Waals surface area contributed by atoms with Crippen LogP contribution in [0.15, 0.2) is 42.5 Å². The number of rotatable bonds is 4. The van der Waals surface area contributed by atoms with Crippen LogP contribution in [-0.4, -0.2) is 47.4 Å². The molecular weight excluding hydrogens is 398 g/mol. The first-order valence-electron chi connectivity index (χ1n) is 10.0. The van der Waals surface area contributed by atoms with E-state index in [1.807, 2.05) is 24.3 Å². The standard InChI is InChI=1S/C23H21N3O5/c1-13-20(15-5-3-4-6-16(15)24-13)17(27)12-26-21(28)23(2,25-22(26)29)14-7-8-18-19(11-14)31-10-9-30-18/h3-8,11,24H,9-10,12H2,1-2H3,(H,25,29). The molecule has 1 fully saturated rings.